The molecule has 0 saturated heterocycles. The third-order valence-electron chi connectivity index (χ3n) is 4.85. The molecule has 0 unspecified atom stereocenters. The molecule has 164 valence electrons. The van der Waals surface area contributed by atoms with E-state index in [9.17, 15) is 18.3 Å². The second-order valence-electron chi connectivity index (χ2n) is 7.53. The van der Waals surface area contributed by atoms with E-state index >= 15 is 0 Å². The summed E-state index contributed by atoms with van der Waals surface area (Å²) in [5, 5.41) is 15.7. The lowest BCUT2D eigenvalue weighted by atomic mass is 10.1. The smallest absolute Gasteiger partial charge is 0.394 e. The largest absolute Gasteiger partial charge is 0.416 e. The standard InChI is InChI=1S/C22H24F3N5O/c1-13(2)19(12-31)29-21-28-18(15-6-8-26-9-7-15)11-20(30-21)27-17-10-16(22(23,24)25)5-4-14(17)3/h4-11,13,19,31H,12H2,1-3H3,(H2,27,28,29,30)/t19-/m0/s1. The number of nitrogens with one attached hydrogen (secondary N) is 2. The van der Waals surface area contributed by atoms with E-state index in [2.05, 4.69) is 25.6 Å². The minimum absolute atomic E-state index is 0.111. The van der Waals surface area contributed by atoms with E-state index in [0.717, 1.165) is 17.7 Å². The van der Waals surface area contributed by atoms with Gasteiger partial charge >= 0.3 is 6.18 Å². The number of aryl methyl sites for hydroxylation is 1. The Morgan fingerprint density at radius 2 is 1.74 bits per heavy atom. The molecular weight excluding hydrogens is 407 g/mol. The van der Waals surface area contributed by atoms with Crippen molar-refractivity contribution in [1.82, 2.24) is 15.0 Å². The summed E-state index contributed by atoms with van der Waals surface area (Å²) >= 11 is 0. The fourth-order valence-electron chi connectivity index (χ4n) is 2.91. The highest BCUT2D eigenvalue weighted by Crippen LogP contribution is 2.33. The van der Waals surface area contributed by atoms with Crippen molar-refractivity contribution in [3.05, 3.63) is 59.9 Å². The number of nitrogens with zero attached hydrogens (tertiary/aromatic N) is 3. The number of hydrogen-bond donors (Lipinski definition) is 3. The molecule has 0 fully saturated rings. The predicted octanol–water partition coefficient (Wildman–Crippen LogP) is 5.04. The summed E-state index contributed by atoms with van der Waals surface area (Å²) in [6.45, 7) is 5.50. The third-order valence-corrected chi connectivity index (χ3v) is 4.85. The molecule has 0 bridgehead atoms. The zero-order valence-electron chi connectivity index (χ0n) is 17.4. The van der Waals surface area contributed by atoms with Gasteiger partial charge in [0.25, 0.3) is 0 Å². The van der Waals surface area contributed by atoms with Gasteiger partial charge < -0.3 is 15.7 Å². The van der Waals surface area contributed by atoms with E-state index in [1.165, 1.54) is 6.07 Å². The summed E-state index contributed by atoms with van der Waals surface area (Å²) in [4.78, 5) is 12.9. The Labute approximate surface area is 178 Å². The highest BCUT2D eigenvalue weighted by atomic mass is 19.4. The Hall–Kier alpha value is -3.20. The van der Waals surface area contributed by atoms with E-state index in [4.69, 9.17) is 0 Å². The summed E-state index contributed by atoms with van der Waals surface area (Å²) in [7, 11) is 0. The maximum atomic E-state index is 13.2. The molecule has 0 spiro atoms. The van der Waals surface area contributed by atoms with Gasteiger partial charge in [-0.15, -0.1) is 0 Å². The predicted molar refractivity (Wildman–Crippen MR) is 114 cm³/mol. The second kappa shape index (κ2) is 9.30. The normalized spacial score (nSPS) is 12.6. The average Bonchev–Trinajstić information content (AvgIpc) is 2.73. The lowest BCUT2D eigenvalue weighted by Gasteiger charge is -2.21. The van der Waals surface area contributed by atoms with Crippen LogP contribution in [0.4, 0.5) is 30.6 Å². The number of aromatic nitrogens is 3. The molecule has 0 saturated carbocycles. The zero-order valence-corrected chi connectivity index (χ0v) is 17.4. The number of rotatable bonds is 7. The fourth-order valence-corrected chi connectivity index (χ4v) is 2.91. The second-order valence-corrected chi connectivity index (χ2v) is 7.53. The van der Waals surface area contributed by atoms with Crippen molar-refractivity contribution < 1.29 is 18.3 Å². The van der Waals surface area contributed by atoms with Gasteiger partial charge in [0.05, 0.1) is 23.9 Å². The van der Waals surface area contributed by atoms with Crippen molar-refractivity contribution in [3.8, 4) is 11.3 Å². The average molecular weight is 431 g/mol. The van der Waals surface area contributed by atoms with Gasteiger partial charge in [0.15, 0.2) is 0 Å². The zero-order chi connectivity index (χ0) is 22.6. The van der Waals surface area contributed by atoms with Gasteiger partial charge in [-0.2, -0.15) is 18.2 Å². The van der Waals surface area contributed by atoms with Crippen LogP contribution in [0.1, 0.15) is 25.0 Å². The van der Waals surface area contributed by atoms with Crippen LogP contribution in [0.5, 0.6) is 0 Å². The van der Waals surface area contributed by atoms with Crippen LogP contribution in [0.25, 0.3) is 11.3 Å². The molecule has 0 aliphatic carbocycles. The number of halogens is 3. The van der Waals surface area contributed by atoms with Crippen LogP contribution in [0.3, 0.4) is 0 Å². The maximum absolute atomic E-state index is 13.2. The number of benzene rings is 1. The first-order chi connectivity index (χ1) is 14.7. The van der Waals surface area contributed by atoms with Crippen LogP contribution in [-0.2, 0) is 6.18 Å². The van der Waals surface area contributed by atoms with Crippen LogP contribution in [0.15, 0.2) is 48.8 Å². The molecule has 2 aromatic heterocycles. The minimum Gasteiger partial charge on any atom is -0.394 e. The Balaban J connectivity index is 2.02. The number of pyridine rings is 1. The molecule has 0 amide bonds. The highest BCUT2D eigenvalue weighted by molar-refractivity contribution is 5.68. The minimum atomic E-state index is -4.45. The molecule has 1 atom stereocenters. The Kier molecular flexibility index (Phi) is 6.74. The lowest BCUT2D eigenvalue weighted by molar-refractivity contribution is -0.137. The number of aliphatic hydroxyl groups is 1. The van der Waals surface area contributed by atoms with Gasteiger partial charge in [0.2, 0.25) is 5.95 Å². The molecule has 3 aromatic rings. The molecule has 3 N–H and O–H groups in total. The Bertz CT molecular complexity index is 1030. The van der Waals surface area contributed by atoms with Gasteiger partial charge in [-0.05, 0) is 42.7 Å². The van der Waals surface area contributed by atoms with Gasteiger partial charge in [-0.1, -0.05) is 19.9 Å². The maximum Gasteiger partial charge on any atom is 0.416 e. The fraction of sp³-hybridized carbons (Fsp3) is 0.318. The van der Waals surface area contributed by atoms with Crippen molar-refractivity contribution in [1.29, 1.82) is 0 Å². The summed E-state index contributed by atoms with van der Waals surface area (Å²) < 4.78 is 39.5. The van der Waals surface area contributed by atoms with E-state index in [0.29, 0.717) is 22.8 Å². The number of aliphatic hydroxyl groups excluding tert-OH is 1. The molecule has 0 radical (unpaired) electrons. The van der Waals surface area contributed by atoms with Crippen LogP contribution in [0, 0.1) is 12.8 Å². The van der Waals surface area contributed by atoms with E-state index in [1.807, 2.05) is 13.8 Å². The monoisotopic (exact) mass is 431 g/mol. The summed E-state index contributed by atoms with van der Waals surface area (Å²) in [6, 6.07) is 8.44. The van der Waals surface area contributed by atoms with E-state index < -0.39 is 11.7 Å². The first-order valence-corrected chi connectivity index (χ1v) is 9.79. The molecular formula is C22H24F3N5O. The van der Waals surface area contributed by atoms with Crippen molar-refractivity contribution in [2.75, 3.05) is 17.2 Å². The van der Waals surface area contributed by atoms with E-state index in [1.54, 1.807) is 37.5 Å². The molecule has 0 aliphatic rings. The first-order valence-electron chi connectivity index (χ1n) is 9.79. The van der Waals surface area contributed by atoms with Crippen molar-refractivity contribution in [2.24, 2.45) is 5.92 Å². The van der Waals surface area contributed by atoms with Crippen molar-refractivity contribution in [2.45, 2.75) is 33.0 Å². The van der Waals surface area contributed by atoms with Crippen LogP contribution in [0.2, 0.25) is 0 Å². The van der Waals surface area contributed by atoms with Crippen LogP contribution >= 0.6 is 0 Å². The summed E-state index contributed by atoms with van der Waals surface area (Å²) in [5.41, 5.74) is 1.52. The molecule has 0 aliphatic heterocycles. The number of anilines is 3. The van der Waals surface area contributed by atoms with Crippen molar-refractivity contribution >= 4 is 17.5 Å². The number of alkyl halides is 3. The quantitative estimate of drug-likeness (QED) is 0.486. The van der Waals surface area contributed by atoms with Crippen LogP contribution < -0.4 is 10.6 Å². The van der Waals surface area contributed by atoms with Crippen molar-refractivity contribution in [3.63, 3.8) is 0 Å². The molecule has 2 heterocycles. The topological polar surface area (TPSA) is 83.0 Å². The SMILES string of the molecule is Cc1ccc(C(F)(F)F)cc1Nc1cc(-c2ccncc2)nc(N[C@@H](CO)C(C)C)n1. The van der Waals surface area contributed by atoms with Gasteiger partial charge in [-0.25, -0.2) is 4.98 Å². The number of hydrogen-bond acceptors (Lipinski definition) is 6. The summed E-state index contributed by atoms with van der Waals surface area (Å²) in [6.07, 6.45) is -1.20. The van der Waals surface area contributed by atoms with Gasteiger partial charge in [0.1, 0.15) is 5.82 Å². The molecule has 1 aromatic carbocycles. The molecule has 6 nitrogen and oxygen atoms in total. The Morgan fingerprint density at radius 1 is 1.03 bits per heavy atom. The highest BCUT2D eigenvalue weighted by Gasteiger charge is 2.30. The van der Waals surface area contributed by atoms with E-state index in [-0.39, 0.29) is 24.5 Å². The molecule has 3 rings (SSSR count). The summed E-state index contributed by atoms with van der Waals surface area (Å²) in [5.74, 6) is 0.696. The molecule has 9 heteroatoms. The lowest BCUT2D eigenvalue weighted by Crippen LogP contribution is -2.30. The molecule has 31 heavy (non-hydrogen) atoms. The van der Waals surface area contributed by atoms with Gasteiger partial charge in [0, 0.05) is 29.7 Å². The Morgan fingerprint density at radius 3 is 2.35 bits per heavy atom. The van der Waals surface area contributed by atoms with Gasteiger partial charge in [-0.3, -0.25) is 4.98 Å². The van der Waals surface area contributed by atoms with Crippen LogP contribution in [-0.4, -0.2) is 32.7 Å². The first kappa shape index (κ1) is 22.5. The third kappa shape index (κ3) is 5.69.